The molecule has 1 N–H and O–H groups in total. The normalized spacial score (nSPS) is 14.9. The fourth-order valence-corrected chi connectivity index (χ4v) is 6.42. The second kappa shape index (κ2) is 10.5. The van der Waals surface area contributed by atoms with Crippen LogP contribution in [0.3, 0.4) is 0 Å². The number of hydrogen-bond acceptors (Lipinski definition) is 5. The number of nitrogens with one attached hydrogen (secondary N) is 1. The number of fused-ring (bicyclic) bond motifs is 2. The molecule has 1 amide bonds. The van der Waals surface area contributed by atoms with E-state index in [0.717, 1.165) is 52.2 Å². The predicted molar refractivity (Wildman–Crippen MR) is 149 cm³/mol. The molecule has 2 aromatic heterocycles. The molecule has 0 fully saturated rings. The van der Waals surface area contributed by atoms with Crippen molar-refractivity contribution in [3.63, 3.8) is 0 Å². The molecule has 1 aliphatic rings. The van der Waals surface area contributed by atoms with Crippen molar-refractivity contribution in [3.05, 3.63) is 80.6 Å². The summed E-state index contributed by atoms with van der Waals surface area (Å²) in [6.07, 6.45) is 3.92. The van der Waals surface area contributed by atoms with Gasteiger partial charge in [-0.05, 0) is 61.9 Å². The highest BCUT2D eigenvalue weighted by Crippen LogP contribution is 2.41. The smallest absolute Gasteiger partial charge is 0.341 e. The molecule has 0 aliphatic heterocycles. The van der Waals surface area contributed by atoms with Crippen molar-refractivity contribution in [3.8, 4) is 11.3 Å². The van der Waals surface area contributed by atoms with E-state index in [1.165, 1.54) is 16.2 Å². The van der Waals surface area contributed by atoms with E-state index in [4.69, 9.17) is 9.72 Å². The van der Waals surface area contributed by atoms with E-state index >= 15 is 0 Å². The number of thiophene rings is 1. The minimum atomic E-state index is -0.365. The lowest BCUT2D eigenvalue weighted by Crippen LogP contribution is -2.17. The highest BCUT2D eigenvalue weighted by molar-refractivity contribution is 9.10. The Labute approximate surface area is 223 Å². The number of para-hydroxylation sites is 1. The molecule has 1 aliphatic carbocycles. The minimum Gasteiger partial charge on any atom is -0.462 e. The zero-order valence-corrected chi connectivity index (χ0v) is 22.7. The molecule has 0 saturated carbocycles. The number of nitrogens with zero attached hydrogens (tertiary/aromatic N) is 1. The van der Waals surface area contributed by atoms with Crippen molar-refractivity contribution in [2.45, 2.75) is 39.5 Å². The number of hydrogen-bond donors (Lipinski definition) is 1. The number of halogens is 1. The summed E-state index contributed by atoms with van der Waals surface area (Å²) in [5.41, 5.74) is 4.45. The van der Waals surface area contributed by atoms with Crippen molar-refractivity contribution in [1.82, 2.24) is 4.98 Å². The van der Waals surface area contributed by atoms with Gasteiger partial charge >= 0.3 is 5.97 Å². The summed E-state index contributed by atoms with van der Waals surface area (Å²) in [5.74, 6) is -0.0223. The van der Waals surface area contributed by atoms with Gasteiger partial charge in [-0.2, -0.15) is 0 Å². The fraction of sp³-hybridized carbons (Fsp3) is 0.276. The highest BCUT2D eigenvalue weighted by Gasteiger charge is 2.30. The van der Waals surface area contributed by atoms with Gasteiger partial charge in [0.2, 0.25) is 0 Å². The number of carbonyl (C=O) groups is 2. The van der Waals surface area contributed by atoms with Crippen molar-refractivity contribution in [1.29, 1.82) is 0 Å². The standard InChI is InChI=1S/C29H27BrN2O3S/c1-3-17-9-14-21-25(15-17)36-28(26(21)29(34)35-4-2)32-27(33)22-16-24(18-10-12-19(30)13-11-18)31-23-8-6-5-7-20(22)23/h5-8,10-13,16-17H,3-4,9,14-15H2,1-2H3,(H,32,33)/t17-/m1/s1. The molecule has 0 spiro atoms. The molecule has 0 saturated heterocycles. The maximum Gasteiger partial charge on any atom is 0.341 e. The van der Waals surface area contributed by atoms with Gasteiger partial charge in [0.25, 0.3) is 5.91 Å². The average Bonchev–Trinajstić information content (AvgIpc) is 3.25. The summed E-state index contributed by atoms with van der Waals surface area (Å²) in [6, 6.07) is 17.3. The van der Waals surface area contributed by atoms with Gasteiger partial charge < -0.3 is 10.1 Å². The van der Waals surface area contributed by atoms with Crippen molar-refractivity contribution < 1.29 is 14.3 Å². The molecule has 1 atom stereocenters. The molecular formula is C29H27BrN2O3S. The number of esters is 1. The van der Waals surface area contributed by atoms with Gasteiger partial charge in [0.15, 0.2) is 0 Å². The Bertz CT molecular complexity index is 1450. The van der Waals surface area contributed by atoms with Gasteiger partial charge in [0.1, 0.15) is 5.00 Å². The number of carbonyl (C=O) groups excluding carboxylic acids is 2. The van der Waals surface area contributed by atoms with Crippen LogP contribution in [-0.2, 0) is 17.6 Å². The monoisotopic (exact) mass is 562 g/mol. The summed E-state index contributed by atoms with van der Waals surface area (Å²) in [4.78, 5) is 32.7. The SMILES string of the molecule is CCOC(=O)c1c(NC(=O)c2cc(-c3ccc(Br)cc3)nc3ccccc23)sc2c1CC[C@@H](CC)C2. The molecule has 36 heavy (non-hydrogen) atoms. The number of pyridine rings is 1. The Balaban J connectivity index is 1.56. The summed E-state index contributed by atoms with van der Waals surface area (Å²) in [7, 11) is 0. The Hall–Kier alpha value is -3.03. The first-order valence-corrected chi connectivity index (χ1v) is 13.9. The lowest BCUT2D eigenvalue weighted by Gasteiger charge is -2.20. The third-order valence-corrected chi connectivity index (χ3v) is 8.45. The van der Waals surface area contributed by atoms with Crippen LogP contribution in [0.4, 0.5) is 5.00 Å². The molecule has 5 rings (SSSR count). The number of aromatic nitrogens is 1. The first kappa shape index (κ1) is 24.7. The number of anilines is 1. The number of ether oxygens (including phenoxy) is 1. The Morgan fingerprint density at radius 2 is 1.92 bits per heavy atom. The summed E-state index contributed by atoms with van der Waals surface area (Å²) < 4.78 is 6.37. The van der Waals surface area contributed by atoms with Crippen LogP contribution < -0.4 is 5.32 Å². The topological polar surface area (TPSA) is 68.3 Å². The van der Waals surface area contributed by atoms with Crippen LogP contribution in [0, 0.1) is 5.92 Å². The number of amides is 1. The van der Waals surface area contributed by atoms with E-state index in [1.54, 1.807) is 6.92 Å². The minimum absolute atomic E-state index is 0.261. The molecule has 2 heterocycles. The van der Waals surface area contributed by atoms with E-state index < -0.39 is 0 Å². The van der Waals surface area contributed by atoms with E-state index in [9.17, 15) is 9.59 Å². The molecule has 0 unspecified atom stereocenters. The van der Waals surface area contributed by atoms with E-state index in [-0.39, 0.29) is 11.9 Å². The molecule has 0 radical (unpaired) electrons. The van der Waals surface area contributed by atoms with E-state index in [2.05, 4.69) is 28.2 Å². The van der Waals surface area contributed by atoms with E-state index in [0.29, 0.717) is 34.3 Å². The Morgan fingerprint density at radius 1 is 1.14 bits per heavy atom. The molecular weight excluding hydrogens is 536 g/mol. The maximum atomic E-state index is 13.7. The van der Waals surface area contributed by atoms with Crippen LogP contribution in [-0.4, -0.2) is 23.5 Å². The quantitative estimate of drug-likeness (QED) is 0.245. The van der Waals surface area contributed by atoms with Gasteiger partial charge in [-0.25, -0.2) is 9.78 Å². The van der Waals surface area contributed by atoms with Crippen molar-refractivity contribution in [2.75, 3.05) is 11.9 Å². The van der Waals surface area contributed by atoms with Crippen LogP contribution in [0.2, 0.25) is 0 Å². The first-order valence-electron chi connectivity index (χ1n) is 12.3. The molecule has 5 nitrogen and oxygen atoms in total. The van der Waals surface area contributed by atoms with E-state index in [1.807, 2.05) is 54.6 Å². The number of benzene rings is 2. The molecule has 0 bridgehead atoms. The summed E-state index contributed by atoms with van der Waals surface area (Å²) in [6.45, 7) is 4.30. The van der Waals surface area contributed by atoms with Crippen LogP contribution in [0.15, 0.2) is 59.1 Å². The van der Waals surface area contributed by atoms with Crippen LogP contribution in [0.25, 0.3) is 22.2 Å². The third kappa shape index (κ3) is 4.82. The average molecular weight is 564 g/mol. The van der Waals surface area contributed by atoms with Crippen molar-refractivity contribution in [2.24, 2.45) is 5.92 Å². The van der Waals surface area contributed by atoms with Crippen LogP contribution in [0.1, 0.15) is 57.8 Å². The van der Waals surface area contributed by atoms with Crippen LogP contribution in [0.5, 0.6) is 0 Å². The maximum absolute atomic E-state index is 13.7. The molecule has 184 valence electrons. The predicted octanol–water partition coefficient (Wildman–Crippen LogP) is 7.67. The summed E-state index contributed by atoms with van der Waals surface area (Å²) >= 11 is 4.99. The summed E-state index contributed by atoms with van der Waals surface area (Å²) in [5, 5.41) is 4.42. The van der Waals surface area contributed by atoms with Gasteiger partial charge in [0, 0.05) is 20.3 Å². The van der Waals surface area contributed by atoms with Crippen LogP contribution >= 0.6 is 27.3 Å². The lowest BCUT2D eigenvalue weighted by atomic mass is 9.85. The zero-order valence-electron chi connectivity index (χ0n) is 20.3. The molecule has 2 aromatic carbocycles. The van der Waals surface area contributed by atoms with Gasteiger partial charge in [-0.1, -0.05) is 59.6 Å². The molecule has 4 aromatic rings. The fourth-order valence-electron chi connectivity index (χ4n) is 4.81. The largest absolute Gasteiger partial charge is 0.462 e. The van der Waals surface area contributed by atoms with Gasteiger partial charge in [-0.15, -0.1) is 11.3 Å². The van der Waals surface area contributed by atoms with Crippen molar-refractivity contribution >= 4 is 55.0 Å². The number of rotatable bonds is 6. The Morgan fingerprint density at radius 3 is 2.67 bits per heavy atom. The Kier molecular flexibility index (Phi) is 7.21. The second-order valence-corrected chi connectivity index (χ2v) is 11.0. The first-order chi connectivity index (χ1) is 17.5. The third-order valence-electron chi connectivity index (χ3n) is 6.75. The van der Waals surface area contributed by atoms with Gasteiger partial charge in [0.05, 0.1) is 28.9 Å². The zero-order chi connectivity index (χ0) is 25.2. The second-order valence-electron chi connectivity index (χ2n) is 8.98. The highest BCUT2D eigenvalue weighted by atomic mass is 79.9. The lowest BCUT2D eigenvalue weighted by molar-refractivity contribution is 0.0526. The molecule has 7 heteroatoms. The van der Waals surface area contributed by atoms with Gasteiger partial charge in [-0.3, -0.25) is 4.79 Å².